The molecule has 19 heavy (non-hydrogen) atoms. The zero-order valence-electron chi connectivity index (χ0n) is 12.1. The monoisotopic (exact) mass is 268 g/mol. The van der Waals surface area contributed by atoms with Crippen LogP contribution in [0.3, 0.4) is 0 Å². The van der Waals surface area contributed by atoms with Crippen molar-refractivity contribution < 1.29 is 9.90 Å². The number of nitrogens with one attached hydrogen (secondary N) is 1. The lowest BCUT2D eigenvalue weighted by Crippen LogP contribution is -2.45. The molecule has 0 aliphatic heterocycles. The molecule has 2 saturated carbocycles. The minimum Gasteiger partial charge on any atom is -0.396 e. The molecule has 2 rings (SSSR count). The van der Waals surface area contributed by atoms with Crippen LogP contribution in [0.4, 0.5) is 0 Å². The molecule has 2 N–H and O–H groups in total. The van der Waals surface area contributed by atoms with Crippen LogP contribution >= 0.6 is 0 Å². The second-order valence-corrected chi connectivity index (χ2v) is 6.23. The van der Waals surface area contributed by atoms with Gasteiger partial charge in [-0.3, -0.25) is 9.69 Å². The predicted molar refractivity (Wildman–Crippen MR) is 75.9 cm³/mol. The number of carbonyl (C=O) groups excluding carboxylic acids is 1. The number of hydrogen-bond donors (Lipinski definition) is 2. The number of aliphatic hydroxyl groups excluding tert-OH is 1. The van der Waals surface area contributed by atoms with E-state index in [4.69, 9.17) is 0 Å². The standard InChI is InChI=1S/C15H28N2O2/c1-17(13-7-8-13)11-15(19)16-14(9-10-18)12-5-3-2-4-6-12/h12-14,18H,2-11H2,1H3,(H,16,19). The van der Waals surface area contributed by atoms with E-state index in [2.05, 4.69) is 10.2 Å². The van der Waals surface area contributed by atoms with Gasteiger partial charge in [-0.05, 0) is 45.1 Å². The summed E-state index contributed by atoms with van der Waals surface area (Å²) in [6.45, 7) is 0.666. The Morgan fingerprint density at radius 1 is 1.26 bits per heavy atom. The summed E-state index contributed by atoms with van der Waals surface area (Å²) < 4.78 is 0. The molecule has 2 fully saturated rings. The summed E-state index contributed by atoms with van der Waals surface area (Å²) in [4.78, 5) is 14.2. The molecule has 110 valence electrons. The molecule has 1 atom stereocenters. The van der Waals surface area contributed by atoms with Crippen LogP contribution in [0.15, 0.2) is 0 Å². The van der Waals surface area contributed by atoms with Crippen molar-refractivity contribution in [1.82, 2.24) is 10.2 Å². The van der Waals surface area contributed by atoms with Crippen molar-refractivity contribution in [2.75, 3.05) is 20.2 Å². The van der Waals surface area contributed by atoms with Gasteiger partial charge in [0.15, 0.2) is 0 Å². The van der Waals surface area contributed by atoms with E-state index in [1.165, 1.54) is 44.9 Å². The molecule has 0 saturated heterocycles. The number of amides is 1. The van der Waals surface area contributed by atoms with Crippen LogP contribution in [0.25, 0.3) is 0 Å². The van der Waals surface area contributed by atoms with Crippen LogP contribution in [0.5, 0.6) is 0 Å². The minimum absolute atomic E-state index is 0.124. The van der Waals surface area contributed by atoms with Gasteiger partial charge in [-0.15, -0.1) is 0 Å². The first-order valence-electron chi connectivity index (χ1n) is 7.81. The van der Waals surface area contributed by atoms with Gasteiger partial charge in [0.1, 0.15) is 0 Å². The molecule has 1 amide bonds. The maximum atomic E-state index is 12.1. The van der Waals surface area contributed by atoms with Gasteiger partial charge in [-0.1, -0.05) is 19.3 Å². The van der Waals surface area contributed by atoms with Gasteiger partial charge >= 0.3 is 0 Å². The van der Waals surface area contributed by atoms with Crippen LogP contribution in [0, 0.1) is 5.92 Å². The molecule has 0 aromatic heterocycles. The Balaban J connectivity index is 1.78. The van der Waals surface area contributed by atoms with Crippen molar-refractivity contribution in [3.63, 3.8) is 0 Å². The molecule has 0 bridgehead atoms. The summed E-state index contributed by atoms with van der Waals surface area (Å²) >= 11 is 0. The van der Waals surface area contributed by atoms with E-state index >= 15 is 0 Å². The lowest BCUT2D eigenvalue weighted by Gasteiger charge is -2.31. The van der Waals surface area contributed by atoms with Gasteiger partial charge in [-0.2, -0.15) is 0 Å². The Hall–Kier alpha value is -0.610. The lowest BCUT2D eigenvalue weighted by atomic mass is 9.82. The van der Waals surface area contributed by atoms with Gasteiger partial charge in [0.25, 0.3) is 0 Å². The van der Waals surface area contributed by atoms with E-state index in [1.54, 1.807) is 0 Å². The normalized spacial score (nSPS) is 22.5. The SMILES string of the molecule is CN(CC(=O)NC(CCO)C1CCCCC1)C1CC1. The Bertz CT molecular complexity index is 286. The van der Waals surface area contributed by atoms with Gasteiger partial charge in [0.05, 0.1) is 6.54 Å². The maximum absolute atomic E-state index is 12.1. The highest BCUT2D eigenvalue weighted by Gasteiger charge is 2.29. The third-order valence-corrected chi connectivity index (χ3v) is 4.57. The number of rotatable bonds is 7. The first-order chi connectivity index (χ1) is 9.20. The molecule has 0 radical (unpaired) electrons. The molecule has 4 nitrogen and oxygen atoms in total. The molecule has 2 aliphatic rings. The van der Waals surface area contributed by atoms with E-state index in [1.807, 2.05) is 7.05 Å². The van der Waals surface area contributed by atoms with E-state index in [0.717, 1.165) is 0 Å². The Labute approximate surface area is 116 Å². The van der Waals surface area contributed by atoms with Gasteiger partial charge in [-0.25, -0.2) is 0 Å². The topological polar surface area (TPSA) is 52.6 Å². The molecular formula is C15H28N2O2. The van der Waals surface area contributed by atoms with Gasteiger partial charge in [0, 0.05) is 18.7 Å². The van der Waals surface area contributed by atoms with E-state index in [9.17, 15) is 9.90 Å². The average Bonchev–Trinajstić information content (AvgIpc) is 3.23. The van der Waals surface area contributed by atoms with Crippen molar-refractivity contribution in [2.45, 2.75) is 63.5 Å². The van der Waals surface area contributed by atoms with Gasteiger partial charge in [0.2, 0.25) is 5.91 Å². The molecule has 0 aromatic rings. The molecule has 2 aliphatic carbocycles. The minimum atomic E-state index is 0.124. The Morgan fingerprint density at radius 2 is 1.95 bits per heavy atom. The van der Waals surface area contributed by atoms with Crippen LogP contribution < -0.4 is 5.32 Å². The van der Waals surface area contributed by atoms with Crippen molar-refractivity contribution in [3.8, 4) is 0 Å². The van der Waals surface area contributed by atoms with Crippen molar-refractivity contribution in [3.05, 3.63) is 0 Å². The maximum Gasteiger partial charge on any atom is 0.234 e. The second-order valence-electron chi connectivity index (χ2n) is 6.23. The number of nitrogens with zero attached hydrogens (tertiary/aromatic N) is 1. The first kappa shape index (κ1) is 14.8. The summed E-state index contributed by atoms with van der Waals surface area (Å²) in [7, 11) is 2.03. The first-order valence-corrected chi connectivity index (χ1v) is 7.81. The van der Waals surface area contributed by atoms with Crippen LogP contribution in [-0.2, 0) is 4.79 Å². The largest absolute Gasteiger partial charge is 0.396 e. The lowest BCUT2D eigenvalue weighted by molar-refractivity contribution is -0.123. The third kappa shape index (κ3) is 4.77. The number of carbonyl (C=O) groups is 1. The molecule has 0 spiro atoms. The van der Waals surface area contributed by atoms with Gasteiger partial charge < -0.3 is 10.4 Å². The van der Waals surface area contributed by atoms with Crippen LogP contribution in [0.1, 0.15) is 51.4 Å². The summed E-state index contributed by atoms with van der Waals surface area (Å²) in [6.07, 6.45) is 9.41. The fraction of sp³-hybridized carbons (Fsp3) is 0.933. The quantitative estimate of drug-likeness (QED) is 0.736. The second kappa shape index (κ2) is 7.25. The van der Waals surface area contributed by atoms with Crippen LogP contribution in [-0.4, -0.2) is 48.2 Å². The molecule has 0 aromatic carbocycles. The van der Waals surface area contributed by atoms with Crippen molar-refractivity contribution in [2.24, 2.45) is 5.92 Å². The zero-order valence-corrected chi connectivity index (χ0v) is 12.1. The highest BCUT2D eigenvalue weighted by atomic mass is 16.3. The highest BCUT2D eigenvalue weighted by Crippen LogP contribution is 2.28. The van der Waals surface area contributed by atoms with E-state index in [0.29, 0.717) is 24.9 Å². The van der Waals surface area contributed by atoms with E-state index in [-0.39, 0.29) is 18.6 Å². The summed E-state index contributed by atoms with van der Waals surface area (Å²) in [5, 5.41) is 12.4. The van der Waals surface area contributed by atoms with Crippen molar-refractivity contribution >= 4 is 5.91 Å². The molecule has 0 heterocycles. The smallest absolute Gasteiger partial charge is 0.234 e. The summed E-state index contributed by atoms with van der Waals surface area (Å²) in [5.41, 5.74) is 0. The fourth-order valence-corrected chi connectivity index (χ4v) is 3.22. The Kier molecular flexibility index (Phi) is 5.64. The van der Waals surface area contributed by atoms with Crippen LogP contribution in [0.2, 0.25) is 0 Å². The fourth-order valence-electron chi connectivity index (χ4n) is 3.22. The summed E-state index contributed by atoms with van der Waals surface area (Å²) in [6, 6.07) is 0.794. The van der Waals surface area contributed by atoms with E-state index < -0.39 is 0 Å². The predicted octanol–water partition coefficient (Wildman–Crippen LogP) is 1.53. The Morgan fingerprint density at radius 3 is 2.53 bits per heavy atom. The number of hydrogen-bond acceptors (Lipinski definition) is 3. The molecule has 4 heteroatoms. The molecule has 1 unspecified atom stereocenters. The number of likely N-dealkylation sites (N-methyl/N-ethyl adjacent to an activating group) is 1. The zero-order chi connectivity index (χ0) is 13.7. The third-order valence-electron chi connectivity index (χ3n) is 4.57. The number of aliphatic hydroxyl groups is 1. The molecular weight excluding hydrogens is 240 g/mol. The summed E-state index contributed by atoms with van der Waals surface area (Å²) in [5.74, 6) is 0.689. The van der Waals surface area contributed by atoms with Crippen molar-refractivity contribution in [1.29, 1.82) is 0 Å². The average molecular weight is 268 g/mol. The highest BCUT2D eigenvalue weighted by molar-refractivity contribution is 5.78.